The molecule has 8 nitrogen and oxygen atoms in total. The van der Waals surface area contributed by atoms with Gasteiger partial charge in [0.25, 0.3) is 15.9 Å². The van der Waals surface area contributed by atoms with Crippen LogP contribution in [0.5, 0.6) is 0 Å². The third-order valence-corrected chi connectivity index (χ3v) is 6.62. The lowest BCUT2D eigenvalue weighted by Gasteiger charge is -2.28. The maximum atomic E-state index is 13.3. The highest BCUT2D eigenvalue weighted by atomic mass is 32.2. The van der Waals surface area contributed by atoms with Crippen LogP contribution >= 0.6 is 11.3 Å². The second-order valence-corrected chi connectivity index (χ2v) is 9.27. The van der Waals surface area contributed by atoms with Crippen molar-refractivity contribution in [1.29, 1.82) is 0 Å². The molecule has 2 aliphatic heterocycles. The van der Waals surface area contributed by atoms with Crippen LogP contribution in [0.15, 0.2) is 64.2 Å². The molecule has 0 aliphatic carbocycles. The van der Waals surface area contributed by atoms with E-state index < -0.39 is 15.9 Å². The zero-order chi connectivity index (χ0) is 20.9. The lowest BCUT2D eigenvalue weighted by molar-refractivity contribution is -0.112. The van der Waals surface area contributed by atoms with Gasteiger partial charge in [-0.1, -0.05) is 0 Å². The summed E-state index contributed by atoms with van der Waals surface area (Å²) in [5.41, 5.74) is 1.26. The first-order valence-corrected chi connectivity index (χ1v) is 11.4. The number of amidine groups is 1. The molecule has 1 amide bonds. The number of fused-ring (bicyclic) bond motifs is 2. The third kappa shape index (κ3) is 3.21. The number of thiazole rings is 1. The minimum atomic E-state index is -3.62. The zero-order valence-electron chi connectivity index (χ0n) is 15.3. The predicted molar refractivity (Wildman–Crippen MR) is 112 cm³/mol. The van der Waals surface area contributed by atoms with Crippen molar-refractivity contribution in [3.05, 3.63) is 65.6 Å². The number of hydrogen-bond donors (Lipinski definition) is 1. The van der Waals surface area contributed by atoms with E-state index in [1.54, 1.807) is 39.9 Å². The van der Waals surface area contributed by atoms with E-state index in [9.17, 15) is 17.6 Å². The molecule has 0 radical (unpaired) electrons. The van der Waals surface area contributed by atoms with Crippen LogP contribution in [-0.2, 0) is 14.8 Å². The monoisotopic (exact) mass is 443 g/mol. The Morgan fingerprint density at radius 3 is 2.83 bits per heavy atom. The number of carbonyl (C=O) groups is 1. The molecule has 0 unspecified atom stereocenters. The summed E-state index contributed by atoms with van der Waals surface area (Å²) in [5.74, 6) is -0.500. The number of carbonyl (C=O) groups excluding carboxylic acids is 1. The number of halogens is 1. The normalized spacial score (nSPS) is 17.4. The van der Waals surface area contributed by atoms with Gasteiger partial charge >= 0.3 is 0 Å². The summed E-state index contributed by atoms with van der Waals surface area (Å²) in [6.07, 6.45) is 6.64. The molecule has 0 bridgehead atoms. The SMILES string of the molecule is O=C(Nc1c(-c2ccc(F)cc2)nc2sccn12)C1=CC=CN2CCS(=O)(=O)N=C12. The number of hydrogen-bond acceptors (Lipinski definition) is 6. The highest BCUT2D eigenvalue weighted by Gasteiger charge is 2.31. The Kier molecular flexibility index (Phi) is 4.29. The maximum absolute atomic E-state index is 13.3. The predicted octanol–water partition coefficient (Wildman–Crippen LogP) is 2.64. The van der Waals surface area contributed by atoms with E-state index in [1.165, 1.54) is 29.5 Å². The van der Waals surface area contributed by atoms with E-state index in [2.05, 4.69) is 14.7 Å². The number of imidazole rings is 1. The van der Waals surface area contributed by atoms with E-state index in [0.29, 0.717) is 22.0 Å². The van der Waals surface area contributed by atoms with Gasteiger partial charge in [0.15, 0.2) is 10.8 Å². The van der Waals surface area contributed by atoms with E-state index in [-0.39, 0.29) is 29.5 Å². The Labute approximate surface area is 174 Å². The number of nitrogens with zero attached hydrogens (tertiary/aromatic N) is 4. The van der Waals surface area contributed by atoms with Crippen LogP contribution in [0.3, 0.4) is 0 Å². The summed E-state index contributed by atoms with van der Waals surface area (Å²) >= 11 is 1.39. The summed E-state index contributed by atoms with van der Waals surface area (Å²) in [6, 6.07) is 5.81. The molecular weight excluding hydrogens is 429 g/mol. The molecule has 152 valence electrons. The van der Waals surface area contributed by atoms with Crippen LogP contribution in [-0.4, -0.2) is 46.7 Å². The van der Waals surface area contributed by atoms with Gasteiger partial charge in [-0.2, -0.15) is 0 Å². The molecule has 1 N–H and O–H groups in total. The van der Waals surface area contributed by atoms with Crippen molar-refractivity contribution in [3.8, 4) is 11.3 Å². The number of sulfonamides is 1. The minimum absolute atomic E-state index is 0.0932. The molecule has 11 heteroatoms. The van der Waals surface area contributed by atoms with E-state index in [0.717, 1.165) is 0 Å². The summed E-state index contributed by atoms with van der Waals surface area (Å²) in [6.45, 7) is 0.227. The van der Waals surface area contributed by atoms with Crippen LogP contribution in [0, 0.1) is 5.82 Å². The van der Waals surface area contributed by atoms with Gasteiger partial charge in [0.05, 0.1) is 11.3 Å². The molecule has 2 aliphatic rings. The molecule has 2 aromatic heterocycles. The topological polar surface area (TPSA) is 96.1 Å². The molecule has 0 spiro atoms. The van der Waals surface area contributed by atoms with Crippen LogP contribution in [0.1, 0.15) is 0 Å². The van der Waals surface area contributed by atoms with Gasteiger partial charge in [-0.3, -0.25) is 9.20 Å². The molecule has 0 saturated heterocycles. The highest BCUT2D eigenvalue weighted by Crippen LogP contribution is 2.31. The Morgan fingerprint density at radius 1 is 1.23 bits per heavy atom. The largest absolute Gasteiger partial charge is 0.331 e. The molecule has 0 fully saturated rings. The number of amides is 1. The van der Waals surface area contributed by atoms with Crippen molar-refractivity contribution < 1.29 is 17.6 Å². The Bertz CT molecular complexity index is 1370. The maximum Gasteiger partial charge on any atom is 0.260 e. The van der Waals surface area contributed by atoms with Crippen molar-refractivity contribution >= 4 is 43.9 Å². The molecule has 1 aromatic carbocycles. The van der Waals surface area contributed by atoms with Crippen molar-refractivity contribution in [1.82, 2.24) is 14.3 Å². The molecular formula is C19H14FN5O3S2. The molecule has 0 atom stereocenters. The van der Waals surface area contributed by atoms with Gasteiger partial charge in [-0.05, 0) is 36.4 Å². The van der Waals surface area contributed by atoms with Crippen LogP contribution in [0.2, 0.25) is 0 Å². The van der Waals surface area contributed by atoms with Gasteiger partial charge in [0.1, 0.15) is 17.3 Å². The number of aromatic nitrogens is 2. The smallest absolute Gasteiger partial charge is 0.260 e. The lowest BCUT2D eigenvalue weighted by atomic mass is 10.1. The minimum Gasteiger partial charge on any atom is -0.331 e. The van der Waals surface area contributed by atoms with Crippen LogP contribution in [0.25, 0.3) is 16.2 Å². The van der Waals surface area contributed by atoms with E-state index in [1.807, 2.05) is 5.38 Å². The van der Waals surface area contributed by atoms with Gasteiger partial charge in [-0.15, -0.1) is 15.7 Å². The number of benzene rings is 1. The Balaban J connectivity index is 1.55. The number of allylic oxidation sites excluding steroid dienone is 2. The standard InChI is InChI=1S/C19H14FN5O3S2/c20-13-5-3-12(4-6-13)15-17(25-8-10-29-19(25)21-15)22-18(26)14-2-1-7-24-9-11-30(27,28)23-16(14)24/h1-8,10H,9,11H2,(H,22,26). The average Bonchev–Trinajstić information content (AvgIpc) is 3.30. The molecule has 4 heterocycles. The third-order valence-electron chi connectivity index (χ3n) is 4.71. The van der Waals surface area contributed by atoms with Gasteiger partial charge in [-0.25, -0.2) is 17.8 Å². The summed E-state index contributed by atoms with van der Waals surface area (Å²) < 4.78 is 42.8. The van der Waals surface area contributed by atoms with Crippen molar-refractivity contribution in [3.63, 3.8) is 0 Å². The zero-order valence-corrected chi connectivity index (χ0v) is 17.0. The van der Waals surface area contributed by atoms with Crippen molar-refractivity contribution in [2.24, 2.45) is 4.40 Å². The van der Waals surface area contributed by atoms with Gasteiger partial charge < -0.3 is 10.2 Å². The summed E-state index contributed by atoms with van der Waals surface area (Å²) in [5, 5.41) is 4.66. The average molecular weight is 443 g/mol. The van der Waals surface area contributed by atoms with Gasteiger partial charge in [0.2, 0.25) is 0 Å². The lowest BCUT2D eigenvalue weighted by Crippen LogP contribution is -2.41. The number of anilines is 1. The molecule has 0 saturated carbocycles. The first kappa shape index (κ1) is 18.7. The van der Waals surface area contributed by atoms with Crippen LogP contribution in [0.4, 0.5) is 10.2 Å². The van der Waals surface area contributed by atoms with Crippen LogP contribution < -0.4 is 5.32 Å². The van der Waals surface area contributed by atoms with Crippen molar-refractivity contribution in [2.45, 2.75) is 0 Å². The Morgan fingerprint density at radius 2 is 2.03 bits per heavy atom. The molecule has 30 heavy (non-hydrogen) atoms. The second-order valence-electron chi connectivity index (χ2n) is 6.64. The highest BCUT2D eigenvalue weighted by molar-refractivity contribution is 7.90. The molecule has 5 rings (SSSR count). The number of rotatable bonds is 3. The number of nitrogens with one attached hydrogen (secondary N) is 1. The second kappa shape index (κ2) is 6.89. The van der Waals surface area contributed by atoms with Crippen molar-refractivity contribution in [2.75, 3.05) is 17.6 Å². The summed E-state index contributed by atoms with van der Waals surface area (Å²) in [7, 11) is -3.62. The fourth-order valence-electron chi connectivity index (χ4n) is 3.28. The van der Waals surface area contributed by atoms with E-state index >= 15 is 0 Å². The fourth-order valence-corrected chi connectivity index (χ4v) is 4.98. The first-order chi connectivity index (χ1) is 14.4. The quantitative estimate of drug-likeness (QED) is 0.671. The Hall–Kier alpha value is -3.31. The van der Waals surface area contributed by atoms with Gasteiger partial charge in [0, 0.05) is 29.9 Å². The molecule has 3 aromatic rings. The first-order valence-electron chi connectivity index (χ1n) is 8.92. The summed E-state index contributed by atoms with van der Waals surface area (Å²) in [4.78, 5) is 20.0. The van der Waals surface area contributed by atoms with E-state index in [4.69, 9.17) is 0 Å². The fraction of sp³-hybridized carbons (Fsp3) is 0.105.